The summed E-state index contributed by atoms with van der Waals surface area (Å²) >= 11 is 11.7. The van der Waals surface area contributed by atoms with Crippen LogP contribution in [0.25, 0.3) is 0 Å². The molecule has 1 rings (SSSR count). The molecule has 0 N–H and O–H groups in total. The van der Waals surface area contributed by atoms with Crippen molar-refractivity contribution < 1.29 is 0 Å². The van der Waals surface area contributed by atoms with Gasteiger partial charge in [0.25, 0.3) is 0 Å². The van der Waals surface area contributed by atoms with E-state index in [1.54, 1.807) is 6.07 Å². The second-order valence-electron chi connectivity index (χ2n) is 2.51. The van der Waals surface area contributed by atoms with Crippen LogP contribution in [0.5, 0.6) is 0 Å². The summed E-state index contributed by atoms with van der Waals surface area (Å²) in [5, 5.41) is 1.42. The van der Waals surface area contributed by atoms with E-state index in [0.717, 1.165) is 17.0 Å². The van der Waals surface area contributed by atoms with Gasteiger partial charge in [0, 0.05) is 10.0 Å². The average molecular weight is 201 g/mol. The van der Waals surface area contributed by atoms with Crippen molar-refractivity contribution in [3.8, 4) is 0 Å². The minimum absolute atomic E-state index is 0.684. The fourth-order valence-electron chi connectivity index (χ4n) is 0.932. The molecule has 1 aromatic rings. The standard InChI is InChI=1S/C10H10Cl2/c1-2-3-4-8-5-6-9(11)7-10(8)12/h2-3,5-7H,4H2,1H3. The van der Waals surface area contributed by atoms with Crippen molar-refractivity contribution in [3.05, 3.63) is 46.0 Å². The van der Waals surface area contributed by atoms with E-state index in [0.29, 0.717) is 5.02 Å². The van der Waals surface area contributed by atoms with E-state index in [-0.39, 0.29) is 0 Å². The van der Waals surface area contributed by atoms with Gasteiger partial charge < -0.3 is 0 Å². The first-order valence-electron chi connectivity index (χ1n) is 3.79. The van der Waals surface area contributed by atoms with E-state index < -0.39 is 0 Å². The molecule has 0 heterocycles. The van der Waals surface area contributed by atoms with Gasteiger partial charge in [-0.3, -0.25) is 0 Å². The Morgan fingerprint density at radius 1 is 1.33 bits per heavy atom. The van der Waals surface area contributed by atoms with Crippen LogP contribution < -0.4 is 0 Å². The Hall–Kier alpha value is -0.460. The van der Waals surface area contributed by atoms with Gasteiger partial charge in [-0.2, -0.15) is 0 Å². The van der Waals surface area contributed by atoms with Crippen molar-refractivity contribution in [3.63, 3.8) is 0 Å². The van der Waals surface area contributed by atoms with Gasteiger partial charge in [-0.05, 0) is 31.0 Å². The molecule has 0 aromatic heterocycles. The lowest BCUT2D eigenvalue weighted by atomic mass is 10.1. The van der Waals surface area contributed by atoms with Crippen LogP contribution >= 0.6 is 23.2 Å². The van der Waals surface area contributed by atoms with Gasteiger partial charge in [0.05, 0.1) is 0 Å². The highest BCUT2D eigenvalue weighted by Crippen LogP contribution is 2.21. The number of halogens is 2. The predicted molar refractivity (Wildman–Crippen MR) is 55.0 cm³/mol. The molecule has 0 saturated heterocycles. The van der Waals surface area contributed by atoms with Crippen molar-refractivity contribution in [2.45, 2.75) is 13.3 Å². The minimum Gasteiger partial charge on any atom is -0.0913 e. The Labute approximate surface area is 82.8 Å². The molecule has 12 heavy (non-hydrogen) atoms. The van der Waals surface area contributed by atoms with Crippen LogP contribution in [0.15, 0.2) is 30.4 Å². The van der Waals surface area contributed by atoms with Crippen molar-refractivity contribution in [2.75, 3.05) is 0 Å². The normalized spacial score (nSPS) is 10.9. The predicted octanol–water partition coefficient (Wildman–Crippen LogP) is 4.11. The van der Waals surface area contributed by atoms with Crippen molar-refractivity contribution in [1.82, 2.24) is 0 Å². The van der Waals surface area contributed by atoms with Crippen LogP contribution in [0.3, 0.4) is 0 Å². The van der Waals surface area contributed by atoms with E-state index in [1.165, 1.54) is 0 Å². The van der Waals surface area contributed by atoms with Crippen molar-refractivity contribution in [2.24, 2.45) is 0 Å². The molecule has 0 saturated carbocycles. The largest absolute Gasteiger partial charge is 0.0913 e. The molecule has 0 unspecified atom stereocenters. The maximum Gasteiger partial charge on any atom is 0.0455 e. The van der Waals surface area contributed by atoms with E-state index in [9.17, 15) is 0 Å². The fourth-order valence-corrected chi connectivity index (χ4v) is 1.42. The Morgan fingerprint density at radius 3 is 2.67 bits per heavy atom. The second kappa shape index (κ2) is 4.54. The molecule has 0 bridgehead atoms. The van der Waals surface area contributed by atoms with Gasteiger partial charge in [0.15, 0.2) is 0 Å². The molecular formula is C10H10Cl2. The second-order valence-corrected chi connectivity index (χ2v) is 3.35. The third-order valence-electron chi connectivity index (χ3n) is 1.59. The third-order valence-corrected chi connectivity index (χ3v) is 2.18. The minimum atomic E-state index is 0.684. The molecule has 64 valence electrons. The van der Waals surface area contributed by atoms with Gasteiger partial charge in [-0.1, -0.05) is 41.4 Å². The van der Waals surface area contributed by atoms with Gasteiger partial charge in [0.1, 0.15) is 0 Å². The Kier molecular flexibility index (Phi) is 3.64. The topological polar surface area (TPSA) is 0 Å². The zero-order valence-electron chi connectivity index (χ0n) is 6.85. The van der Waals surface area contributed by atoms with Gasteiger partial charge in [-0.25, -0.2) is 0 Å². The van der Waals surface area contributed by atoms with Crippen molar-refractivity contribution >= 4 is 23.2 Å². The summed E-state index contributed by atoms with van der Waals surface area (Å²) in [6.07, 6.45) is 4.94. The monoisotopic (exact) mass is 200 g/mol. The Morgan fingerprint density at radius 2 is 2.08 bits per heavy atom. The molecule has 0 aliphatic carbocycles. The molecule has 0 aliphatic heterocycles. The molecule has 0 nitrogen and oxygen atoms in total. The Bertz CT molecular complexity index is 290. The zero-order valence-corrected chi connectivity index (χ0v) is 8.36. The SMILES string of the molecule is CC=CCc1ccc(Cl)cc1Cl. The molecule has 0 fully saturated rings. The lowest BCUT2D eigenvalue weighted by molar-refractivity contribution is 1.26. The van der Waals surface area contributed by atoms with Crippen molar-refractivity contribution in [1.29, 1.82) is 0 Å². The van der Waals surface area contributed by atoms with E-state index in [1.807, 2.05) is 25.1 Å². The first kappa shape index (κ1) is 9.63. The molecule has 0 spiro atoms. The fraction of sp³-hybridized carbons (Fsp3) is 0.200. The highest BCUT2D eigenvalue weighted by atomic mass is 35.5. The molecule has 1 aromatic carbocycles. The summed E-state index contributed by atoms with van der Waals surface area (Å²) in [6, 6.07) is 5.57. The van der Waals surface area contributed by atoms with Crippen LogP contribution in [-0.4, -0.2) is 0 Å². The van der Waals surface area contributed by atoms with E-state index >= 15 is 0 Å². The number of allylic oxidation sites excluding steroid dienone is 2. The smallest absolute Gasteiger partial charge is 0.0455 e. The zero-order chi connectivity index (χ0) is 8.97. The van der Waals surface area contributed by atoms with Crippen LogP contribution in [-0.2, 0) is 6.42 Å². The maximum absolute atomic E-state index is 5.95. The summed E-state index contributed by atoms with van der Waals surface area (Å²) in [4.78, 5) is 0. The summed E-state index contributed by atoms with van der Waals surface area (Å²) in [5.41, 5.74) is 1.11. The van der Waals surface area contributed by atoms with E-state index in [4.69, 9.17) is 23.2 Å². The van der Waals surface area contributed by atoms with Crippen LogP contribution in [0, 0.1) is 0 Å². The highest BCUT2D eigenvalue weighted by molar-refractivity contribution is 6.35. The van der Waals surface area contributed by atoms with Crippen LogP contribution in [0.1, 0.15) is 12.5 Å². The molecular weight excluding hydrogens is 191 g/mol. The Balaban J connectivity index is 2.86. The summed E-state index contributed by atoms with van der Waals surface area (Å²) in [7, 11) is 0. The highest BCUT2D eigenvalue weighted by Gasteiger charge is 1.97. The molecule has 0 aliphatic rings. The quantitative estimate of drug-likeness (QED) is 0.631. The molecule has 0 amide bonds. The van der Waals surface area contributed by atoms with Gasteiger partial charge in [-0.15, -0.1) is 0 Å². The lowest BCUT2D eigenvalue weighted by Crippen LogP contribution is -1.81. The van der Waals surface area contributed by atoms with Crippen LogP contribution in [0.2, 0.25) is 10.0 Å². The molecule has 0 radical (unpaired) electrons. The van der Waals surface area contributed by atoms with E-state index in [2.05, 4.69) is 6.08 Å². The number of hydrogen-bond acceptors (Lipinski definition) is 0. The molecule has 0 atom stereocenters. The summed E-state index contributed by atoms with van der Waals surface area (Å²) in [6.45, 7) is 1.99. The lowest BCUT2D eigenvalue weighted by Gasteiger charge is -2.00. The van der Waals surface area contributed by atoms with Crippen LogP contribution in [0.4, 0.5) is 0 Å². The third kappa shape index (κ3) is 2.54. The first-order chi connectivity index (χ1) is 5.74. The first-order valence-corrected chi connectivity index (χ1v) is 4.54. The van der Waals surface area contributed by atoms with Gasteiger partial charge in [0.2, 0.25) is 0 Å². The molecule has 2 heteroatoms. The average Bonchev–Trinajstić information content (AvgIpc) is 2.03. The number of hydrogen-bond donors (Lipinski definition) is 0. The number of rotatable bonds is 2. The summed E-state index contributed by atoms with van der Waals surface area (Å²) in [5.74, 6) is 0. The van der Waals surface area contributed by atoms with Gasteiger partial charge >= 0.3 is 0 Å². The number of benzene rings is 1. The maximum atomic E-state index is 5.95. The summed E-state index contributed by atoms with van der Waals surface area (Å²) < 4.78 is 0.